The molecule has 0 spiro atoms. The third-order valence-corrected chi connectivity index (χ3v) is 3.71. The Labute approximate surface area is 140 Å². The second-order valence-corrected chi connectivity index (χ2v) is 6.57. The van der Waals surface area contributed by atoms with Crippen LogP contribution in [0.4, 0.5) is 0 Å². The van der Waals surface area contributed by atoms with Crippen LogP contribution in [0.1, 0.15) is 40.2 Å². The predicted molar refractivity (Wildman–Crippen MR) is 93.8 cm³/mol. The van der Waals surface area contributed by atoms with Crippen LogP contribution >= 0.6 is 12.4 Å². The van der Waals surface area contributed by atoms with E-state index in [1.54, 1.807) is 18.9 Å². The zero-order valence-corrected chi connectivity index (χ0v) is 15.2. The molecular formula is C17H29ClN2O2. The highest BCUT2D eigenvalue weighted by Crippen LogP contribution is 2.26. The van der Waals surface area contributed by atoms with E-state index in [1.165, 1.54) is 5.56 Å². The van der Waals surface area contributed by atoms with Gasteiger partial charge in [0.1, 0.15) is 5.75 Å². The fourth-order valence-electron chi connectivity index (χ4n) is 1.95. The minimum atomic E-state index is -0.529. The standard InChI is InChI=1S/C17H28N2O2.ClH/c1-12(11-18)19(6)16(20)13(2)21-15-9-7-8-14(10-15)17(3,4)5;/h7-10,12-13H,11,18H2,1-6H3;1H. The van der Waals surface area contributed by atoms with Gasteiger partial charge in [0.2, 0.25) is 0 Å². The summed E-state index contributed by atoms with van der Waals surface area (Å²) in [5.41, 5.74) is 6.83. The highest BCUT2D eigenvalue weighted by Gasteiger charge is 2.23. The zero-order valence-electron chi connectivity index (χ0n) is 14.4. The van der Waals surface area contributed by atoms with Gasteiger partial charge in [-0.3, -0.25) is 4.79 Å². The number of ether oxygens (including phenoxy) is 1. The third-order valence-electron chi connectivity index (χ3n) is 3.71. The normalized spacial score (nSPS) is 13.8. The molecule has 0 bridgehead atoms. The number of amides is 1. The maximum Gasteiger partial charge on any atom is 0.263 e. The number of rotatable bonds is 5. The molecular weight excluding hydrogens is 300 g/mol. The first-order valence-corrected chi connectivity index (χ1v) is 7.40. The topological polar surface area (TPSA) is 55.6 Å². The second-order valence-electron chi connectivity index (χ2n) is 6.57. The van der Waals surface area contributed by atoms with Crippen molar-refractivity contribution < 1.29 is 9.53 Å². The van der Waals surface area contributed by atoms with E-state index in [9.17, 15) is 4.79 Å². The number of halogens is 1. The summed E-state index contributed by atoms with van der Waals surface area (Å²) in [6.45, 7) is 10.6. The molecule has 1 amide bonds. The van der Waals surface area contributed by atoms with Gasteiger partial charge in [0.25, 0.3) is 5.91 Å². The van der Waals surface area contributed by atoms with Crippen molar-refractivity contribution in [2.24, 2.45) is 5.73 Å². The van der Waals surface area contributed by atoms with Gasteiger partial charge in [-0.2, -0.15) is 0 Å². The largest absolute Gasteiger partial charge is 0.481 e. The second kappa shape index (κ2) is 8.39. The van der Waals surface area contributed by atoms with Gasteiger partial charge < -0.3 is 15.4 Å². The maximum absolute atomic E-state index is 12.3. The van der Waals surface area contributed by atoms with Gasteiger partial charge in [0.15, 0.2) is 6.10 Å². The molecule has 126 valence electrons. The monoisotopic (exact) mass is 328 g/mol. The van der Waals surface area contributed by atoms with Crippen molar-refractivity contribution in [1.29, 1.82) is 0 Å². The molecule has 2 N–H and O–H groups in total. The van der Waals surface area contributed by atoms with E-state index in [0.29, 0.717) is 6.54 Å². The van der Waals surface area contributed by atoms with E-state index in [4.69, 9.17) is 10.5 Å². The molecule has 22 heavy (non-hydrogen) atoms. The summed E-state index contributed by atoms with van der Waals surface area (Å²) in [4.78, 5) is 13.9. The predicted octanol–water partition coefficient (Wildman–Crippen LogP) is 2.98. The van der Waals surface area contributed by atoms with E-state index < -0.39 is 6.10 Å². The van der Waals surface area contributed by atoms with E-state index >= 15 is 0 Å². The molecule has 0 heterocycles. The Morgan fingerprint density at radius 2 is 1.91 bits per heavy atom. The van der Waals surface area contributed by atoms with E-state index in [1.807, 2.05) is 25.1 Å². The van der Waals surface area contributed by atoms with Crippen LogP contribution in [0.3, 0.4) is 0 Å². The molecule has 0 saturated heterocycles. The molecule has 0 fully saturated rings. The van der Waals surface area contributed by atoms with E-state index in [2.05, 4.69) is 26.8 Å². The van der Waals surface area contributed by atoms with Crippen molar-refractivity contribution in [1.82, 2.24) is 4.90 Å². The third kappa shape index (κ3) is 5.50. The molecule has 1 aromatic carbocycles. The Kier molecular flexibility index (Phi) is 7.91. The molecule has 0 aliphatic carbocycles. The Morgan fingerprint density at radius 3 is 2.41 bits per heavy atom. The number of benzene rings is 1. The number of carbonyl (C=O) groups excluding carboxylic acids is 1. The maximum atomic E-state index is 12.3. The van der Waals surface area contributed by atoms with Gasteiger partial charge >= 0.3 is 0 Å². The number of hydrogen-bond donors (Lipinski definition) is 1. The Bertz CT molecular complexity index is 486. The number of nitrogens with two attached hydrogens (primary N) is 1. The summed E-state index contributed by atoms with van der Waals surface area (Å²) in [6.07, 6.45) is -0.529. The lowest BCUT2D eigenvalue weighted by Crippen LogP contribution is -2.45. The highest BCUT2D eigenvalue weighted by molar-refractivity contribution is 5.85. The molecule has 0 aromatic heterocycles. The smallest absolute Gasteiger partial charge is 0.263 e. The van der Waals surface area contributed by atoms with Gasteiger partial charge in [-0.25, -0.2) is 0 Å². The van der Waals surface area contributed by atoms with Crippen LogP contribution in [0.2, 0.25) is 0 Å². The summed E-state index contributed by atoms with van der Waals surface area (Å²) >= 11 is 0. The summed E-state index contributed by atoms with van der Waals surface area (Å²) in [5.74, 6) is 0.659. The fourth-order valence-corrected chi connectivity index (χ4v) is 1.95. The van der Waals surface area contributed by atoms with Crippen LogP contribution in [0, 0.1) is 0 Å². The summed E-state index contributed by atoms with van der Waals surface area (Å²) < 4.78 is 5.80. The average molecular weight is 329 g/mol. The molecule has 5 heteroatoms. The summed E-state index contributed by atoms with van der Waals surface area (Å²) in [7, 11) is 1.76. The number of likely N-dealkylation sites (N-methyl/N-ethyl adjacent to an activating group) is 1. The van der Waals surface area contributed by atoms with Crippen LogP contribution < -0.4 is 10.5 Å². The molecule has 1 rings (SSSR count). The Morgan fingerprint density at radius 1 is 1.32 bits per heavy atom. The van der Waals surface area contributed by atoms with Crippen LogP contribution in [0.5, 0.6) is 5.75 Å². The van der Waals surface area contributed by atoms with Crippen LogP contribution in [-0.4, -0.2) is 36.5 Å². The zero-order chi connectivity index (χ0) is 16.2. The number of nitrogens with zero attached hydrogens (tertiary/aromatic N) is 1. The minimum absolute atomic E-state index is 0. The van der Waals surface area contributed by atoms with Crippen molar-refractivity contribution in [3.8, 4) is 5.75 Å². The molecule has 0 radical (unpaired) electrons. The van der Waals surface area contributed by atoms with Crippen molar-refractivity contribution in [3.63, 3.8) is 0 Å². The first-order chi connectivity index (χ1) is 9.66. The SMILES string of the molecule is CC(Oc1cccc(C(C)(C)C)c1)C(=O)N(C)C(C)CN.Cl. The lowest BCUT2D eigenvalue weighted by atomic mass is 9.87. The first-order valence-electron chi connectivity index (χ1n) is 7.40. The van der Waals surface area contributed by atoms with Gasteiger partial charge in [-0.1, -0.05) is 32.9 Å². The summed E-state index contributed by atoms with van der Waals surface area (Å²) in [5, 5.41) is 0. The Hall–Kier alpha value is -1.26. The molecule has 0 aliphatic heterocycles. The van der Waals surface area contributed by atoms with Crippen molar-refractivity contribution >= 4 is 18.3 Å². The molecule has 4 nitrogen and oxygen atoms in total. The minimum Gasteiger partial charge on any atom is -0.481 e. The lowest BCUT2D eigenvalue weighted by Gasteiger charge is -2.27. The molecule has 2 atom stereocenters. The van der Waals surface area contributed by atoms with Gasteiger partial charge in [-0.05, 0) is 37.0 Å². The molecule has 1 aromatic rings. The van der Waals surface area contributed by atoms with E-state index in [-0.39, 0.29) is 29.8 Å². The van der Waals surface area contributed by atoms with Gasteiger partial charge in [0.05, 0.1) is 0 Å². The highest BCUT2D eigenvalue weighted by atomic mass is 35.5. The van der Waals surface area contributed by atoms with Crippen LogP contribution in [0.25, 0.3) is 0 Å². The summed E-state index contributed by atoms with van der Waals surface area (Å²) in [6, 6.07) is 7.91. The lowest BCUT2D eigenvalue weighted by molar-refractivity contribution is -0.138. The molecule has 0 saturated carbocycles. The molecule has 2 unspecified atom stereocenters. The van der Waals surface area contributed by atoms with Crippen molar-refractivity contribution in [2.45, 2.75) is 52.2 Å². The van der Waals surface area contributed by atoms with Gasteiger partial charge in [-0.15, -0.1) is 12.4 Å². The van der Waals surface area contributed by atoms with Gasteiger partial charge in [0, 0.05) is 19.6 Å². The first kappa shape index (κ1) is 20.7. The Balaban J connectivity index is 0.00000441. The number of hydrogen-bond acceptors (Lipinski definition) is 3. The van der Waals surface area contributed by atoms with Crippen molar-refractivity contribution in [2.75, 3.05) is 13.6 Å². The quantitative estimate of drug-likeness (QED) is 0.904. The fraction of sp³-hybridized carbons (Fsp3) is 0.588. The van der Waals surface area contributed by atoms with Crippen LogP contribution in [0.15, 0.2) is 24.3 Å². The van der Waals surface area contributed by atoms with Crippen molar-refractivity contribution in [3.05, 3.63) is 29.8 Å². The molecule has 0 aliphatic rings. The number of carbonyl (C=O) groups is 1. The van der Waals surface area contributed by atoms with Crippen LogP contribution in [-0.2, 0) is 10.2 Å². The average Bonchev–Trinajstić information content (AvgIpc) is 2.44. The van der Waals surface area contributed by atoms with E-state index in [0.717, 1.165) is 5.75 Å².